The molecule has 0 aliphatic carbocycles. The Morgan fingerprint density at radius 2 is 1.45 bits per heavy atom. The van der Waals surface area contributed by atoms with Gasteiger partial charge in [-0.3, -0.25) is 0 Å². The molecule has 0 amide bonds. The van der Waals surface area contributed by atoms with E-state index in [0.29, 0.717) is 0 Å². The van der Waals surface area contributed by atoms with E-state index in [1.807, 2.05) is 0 Å². The first-order valence-electron chi connectivity index (χ1n) is 8.16. The van der Waals surface area contributed by atoms with Gasteiger partial charge in [-0.15, -0.1) is 0 Å². The van der Waals surface area contributed by atoms with Gasteiger partial charge in [0, 0.05) is 0 Å². The number of hydrogen-bond donors (Lipinski definition) is 0. The summed E-state index contributed by atoms with van der Waals surface area (Å²) in [6, 6.07) is 0. The average molecular weight is 303 g/mol. The molecule has 1 atom stereocenters. The fourth-order valence-electron chi connectivity index (χ4n) is 2.25. The number of carbonyl (C=O) groups excluding carboxylic acids is 1. The zero-order chi connectivity index (χ0) is 15.4. The van der Waals surface area contributed by atoms with Crippen LogP contribution < -0.4 is 0 Å². The third-order valence-corrected chi connectivity index (χ3v) is 4.27. The lowest BCUT2D eigenvalue weighted by Gasteiger charge is -2.24. The van der Waals surface area contributed by atoms with Crippen molar-refractivity contribution in [3.8, 4) is 0 Å². The van der Waals surface area contributed by atoms with Crippen LogP contribution >= 0.6 is 0 Å². The second kappa shape index (κ2) is 11.3. The molecular weight excluding hydrogens is 268 g/mol. The molecular formula is C16H34O3Si. The average Bonchev–Trinajstić information content (AvgIpc) is 2.38. The lowest BCUT2D eigenvalue weighted by Crippen LogP contribution is -2.37. The van der Waals surface area contributed by atoms with Crippen LogP contribution in [-0.4, -0.2) is 27.5 Å². The van der Waals surface area contributed by atoms with Gasteiger partial charge in [0.05, 0.1) is 7.11 Å². The Balaban J connectivity index is 3.77. The molecule has 0 aliphatic rings. The molecule has 0 saturated heterocycles. The van der Waals surface area contributed by atoms with Crippen molar-refractivity contribution in [1.29, 1.82) is 0 Å². The van der Waals surface area contributed by atoms with Crippen LogP contribution in [0.4, 0.5) is 0 Å². The molecule has 0 aromatic carbocycles. The summed E-state index contributed by atoms with van der Waals surface area (Å²) in [6.07, 6.45) is 10.6. The van der Waals surface area contributed by atoms with E-state index in [1.54, 1.807) is 0 Å². The van der Waals surface area contributed by atoms with Crippen LogP contribution in [0.1, 0.15) is 64.7 Å². The summed E-state index contributed by atoms with van der Waals surface area (Å²) in [6.45, 7) is 8.56. The van der Waals surface area contributed by atoms with E-state index < -0.39 is 8.32 Å². The molecule has 4 heteroatoms. The van der Waals surface area contributed by atoms with Crippen molar-refractivity contribution in [3.05, 3.63) is 0 Å². The fourth-order valence-corrected chi connectivity index (χ4v) is 3.31. The molecule has 0 aromatic rings. The van der Waals surface area contributed by atoms with Crippen LogP contribution in [0.15, 0.2) is 0 Å². The van der Waals surface area contributed by atoms with Crippen LogP contribution in [0.2, 0.25) is 19.6 Å². The highest BCUT2D eigenvalue weighted by Crippen LogP contribution is 2.16. The highest BCUT2D eigenvalue weighted by atomic mass is 28.4. The zero-order valence-corrected chi connectivity index (χ0v) is 15.2. The second-order valence-electron chi connectivity index (χ2n) is 6.51. The van der Waals surface area contributed by atoms with Crippen LogP contribution in [0.5, 0.6) is 0 Å². The van der Waals surface area contributed by atoms with Gasteiger partial charge in [-0.05, 0) is 26.1 Å². The minimum atomic E-state index is -1.69. The summed E-state index contributed by atoms with van der Waals surface area (Å²) in [4.78, 5) is 11.7. The second-order valence-corrected chi connectivity index (χ2v) is 11.0. The fraction of sp³-hybridized carbons (Fsp3) is 0.938. The maximum atomic E-state index is 11.7. The van der Waals surface area contributed by atoms with Gasteiger partial charge in [-0.2, -0.15) is 0 Å². The Morgan fingerprint density at radius 3 is 1.90 bits per heavy atom. The van der Waals surface area contributed by atoms with Gasteiger partial charge in [0.2, 0.25) is 0 Å². The van der Waals surface area contributed by atoms with Gasteiger partial charge in [0.15, 0.2) is 8.32 Å². The number of ether oxygens (including phenoxy) is 1. The molecule has 1 unspecified atom stereocenters. The number of esters is 1. The maximum absolute atomic E-state index is 11.7. The Hall–Kier alpha value is -0.353. The molecule has 0 N–H and O–H groups in total. The molecule has 0 spiro atoms. The molecule has 0 aliphatic heterocycles. The van der Waals surface area contributed by atoms with E-state index >= 15 is 0 Å². The van der Waals surface area contributed by atoms with Crippen LogP contribution in [0.25, 0.3) is 0 Å². The number of hydrogen-bond acceptors (Lipinski definition) is 3. The molecule has 0 radical (unpaired) electrons. The van der Waals surface area contributed by atoms with Crippen molar-refractivity contribution in [1.82, 2.24) is 0 Å². The maximum Gasteiger partial charge on any atom is 0.333 e. The highest BCUT2D eigenvalue weighted by molar-refractivity contribution is 6.69. The van der Waals surface area contributed by atoms with Gasteiger partial charge in [0.25, 0.3) is 0 Å². The van der Waals surface area contributed by atoms with Crippen LogP contribution in [0, 0.1) is 0 Å². The normalized spacial score (nSPS) is 13.2. The van der Waals surface area contributed by atoms with Gasteiger partial charge in [0.1, 0.15) is 6.10 Å². The monoisotopic (exact) mass is 302 g/mol. The summed E-state index contributed by atoms with van der Waals surface area (Å²) >= 11 is 0. The summed E-state index contributed by atoms with van der Waals surface area (Å²) < 4.78 is 10.8. The predicted molar refractivity (Wildman–Crippen MR) is 87.5 cm³/mol. The van der Waals surface area contributed by atoms with Gasteiger partial charge in [-0.25, -0.2) is 4.79 Å². The first-order valence-corrected chi connectivity index (χ1v) is 11.6. The summed E-state index contributed by atoms with van der Waals surface area (Å²) in [5, 5.41) is 0. The van der Waals surface area contributed by atoms with Crippen molar-refractivity contribution in [2.45, 2.75) is 90.5 Å². The summed E-state index contributed by atoms with van der Waals surface area (Å²) in [5.41, 5.74) is 0. The first-order chi connectivity index (χ1) is 9.40. The molecule has 0 bridgehead atoms. The zero-order valence-electron chi connectivity index (χ0n) is 14.2. The molecule has 0 fully saturated rings. The number of methoxy groups -OCH3 is 1. The molecule has 20 heavy (non-hydrogen) atoms. The summed E-state index contributed by atoms with van der Waals surface area (Å²) in [7, 11) is -0.249. The minimum Gasteiger partial charge on any atom is -0.467 e. The molecule has 3 nitrogen and oxygen atoms in total. The van der Waals surface area contributed by atoms with Crippen molar-refractivity contribution < 1.29 is 14.0 Å². The van der Waals surface area contributed by atoms with Gasteiger partial charge >= 0.3 is 5.97 Å². The minimum absolute atomic E-state index is 0.213. The molecule has 0 saturated carbocycles. The lowest BCUT2D eigenvalue weighted by molar-refractivity contribution is -0.149. The van der Waals surface area contributed by atoms with E-state index in [9.17, 15) is 4.79 Å². The van der Waals surface area contributed by atoms with Crippen molar-refractivity contribution in [2.75, 3.05) is 7.11 Å². The molecule has 0 aromatic heterocycles. The van der Waals surface area contributed by atoms with Crippen LogP contribution in [-0.2, 0) is 14.0 Å². The first kappa shape index (κ1) is 19.6. The highest BCUT2D eigenvalue weighted by Gasteiger charge is 2.26. The Bertz CT molecular complexity index is 249. The van der Waals surface area contributed by atoms with Crippen molar-refractivity contribution in [3.63, 3.8) is 0 Å². The lowest BCUT2D eigenvalue weighted by atomic mass is 10.1. The quantitative estimate of drug-likeness (QED) is 0.292. The third-order valence-electron chi connectivity index (χ3n) is 3.28. The molecule has 0 heterocycles. The van der Waals surface area contributed by atoms with E-state index in [-0.39, 0.29) is 12.1 Å². The van der Waals surface area contributed by atoms with E-state index in [0.717, 1.165) is 12.8 Å². The van der Waals surface area contributed by atoms with Gasteiger partial charge in [-0.1, -0.05) is 58.3 Å². The van der Waals surface area contributed by atoms with E-state index in [1.165, 1.54) is 52.1 Å². The van der Waals surface area contributed by atoms with Crippen molar-refractivity contribution in [2.24, 2.45) is 0 Å². The van der Waals surface area contributed by atoms with E-state index in [4.69, 9.17) is 9.16 Å². The Kier molecular flexibility index (Phi) is 11.1. The third kappa shape index (κ3) is 11.5. The molecule has 120 valence electrons. The largest absolute Gasteiger partial charge is 0.467 e. The smallest absolute Gasteiger partial charge is 0.333 e. The van der Waals surface area contributed by atoms with Crippen molar-refractivity contribution >= 4 is 14.3 Å². The van der Waals surface area contributed by atoms with Crippen LogP contribution in [0.3, 0.4) is 0 Å². The molecule has 0 rings (SSSR count). The summed E-state index contributed by atoms with van der Waals surface area (Å²) in [5.74, 6) is -0.213. The number of rotatable bonds is 12. The van der Waals surface area contributed by atoms with Gasteiger partial charge < -0.3 is 9.16 Å². The van der Waals surface area contributed by atoms with E-state index in [2.05, 4.69) is 26.6 Å². The number of unbranched alkanes of at least 4 members (excludes halogenated alkanes) is 7. The number of carbonyl (C=O) groups is 1. The Labute approximate surface area is 126 Å². The topological polar surface area (TPSA) is 35.5 Å². The Morgan fingerprint density at radius 1 is 0.950 bits per heavy atom. The standard InChI is InChI=1S/C16H34O3Si/c1-6-7-8-9-10-11-12-13-14-15(16(17)18-2)19-20(3,4)5/h15H,6-14H2,1-5H3. The predicted octanol–water partition coefficient (Wildman–Crippen LogP) is 4.91. The SMILES string of the molecule is CCCCCCCCCCC(O[Si](C)(C)C)C(=O)OC.